The zero-order valence-electron chi connectivity index (χ0n) is 32.1. The number of hydrogen-bond donors (Lipinski definition) is 0. The predicted molar refractivity (Wildman–Crippen MR) is 246 cm³/mol. The van der Waals surface area contributed by atoms with Crippen LogP contribution in [0.1, 0.15) is 22.3 Å². The van der Waals surface area contributed by atoms with Gasteiger partial charge in [-0.15, -0.1) is 0 Å². The summed E-state index contributed by atoms with van der Waals surface area (Å²) >= 11 is 0. The van der Waals surface area contributed by atoms with E-state index in [1.54, 1.807) is 0 Å². The molecule has 0 saturated heterocycles. The molecule has 0 unspecified atom stereocenters. The first-order valence-corrected chi connectivity index (χ1v) is 21.9. The molecule has 59 heavy (non-hydrogen) atoms. The Balaban J connectivity index is 1.01. The monoisotopic (exact) mass is 769 g/mol. The molecule has 12 rings (SSSR count). The summed E-state index contributed by atoms with van der Waals surface area (Å²) in [6, 6.07) is 77.1. The molecule has 9 aromatic carbocycles. The van der Waals surface area contributed by atoms with Crippen LogP contribution in [0.5, 0.6) is 0 Å². The van der Waals surface area contributed by atoms with Crippen LogP contribution in [0.3, 0.4) is 0 Å². The highest BCUT2D eigenvalue weighted by atomic mass is 31.2. The van der Waals surface area contributed by atoms with E-state index in [1.807, 2.05) is 72.8 Å². The van der Waals surface area contributed by atoms with Gasteiger partial charge in [0.1, 0.15) is 0 Å². The number of hydrogen-bond acceptors (Lipinski definition) is 2. The Hall–Kier alpha value is -7.12. The van der Waals surface area contributed by atoms with Gasteiger partial charge in [-0.3, -0.25) is 0 Å². The third-order valence-corrected chi connectivity index (χ3v) is 15.9. The molecule has 0 radical (unpaired) electrons. The molecule has 2 aliphatic carbocycles. The highest BCUT2D eigenvalue weighted by Crippen LogP contribution is 2.64. The number of rotatable bonds is 5. The molecule has 1 heterocycles. The van der Waals surface area contributed by atoms with Gasteiger partial charge in [0.25, 0.3) is 0 Å². The van der Waals surface area contributed by atoms with Gasteiger partial charge in [0.05, 0.1) is 16.6 Å². The number of nitrogens with zero attached hydrogens (tertiary/aromatic N) is 1. The van der Waals surface area contributed by atoms with Crippen molar-refractivity contribution in [3.05, 3.63) is 241 Å². The summed E-state index contributed by atoms with van der Waals surface area (Å²) < 4.78 is 15.0. The second-order valence-corrected chi connectivity index (χ2v) is 18.4. The molecule has 0 bridgehead atoms. The van der Waals surface area contributed by atoms with Crippen molar-refractivity contribution in [2.45, 2.75) is 5.41 Å². The lowest BCUT2D eigenvalue weighted by atomic mass is 9.70. The summed E-state index contributed by atoms with van der Waals surface area (Å²) in [7, 11) is -3.06. The van der Waals surface area contributed by atoms with E-state index >= 15 is 0 Å². The number of fused-ring (bicyclic) bond motifs is 14. The fourth-order valence-electron chi connectivity index (χ4n) is 10.3. The third-order valence-electron chi connectivity index (χ3n) is 12.8. The first kappa shape index (κ1) is 34.0. The molecular weight excluding hydrogens is 734 g/mol. The van der Waals surface area contributed by atoms with E-state index in [4.69, 9.17) is 4.98 Å². The normalized spacial score (nSPS) is 13.3. The summed E-state index contributed by atoms with van der Waals surface area (Å²) in [5, 5.41) is 6.04. The minimum absolute atomic E-state index is 0.412. The van der Waals surface area contributed by atoms with E-state index in [-0.39, 0.29) is 0 Å². The fourth-order valence-corrected chi connectivity index (χ4v) is 12.9. The maximum atomic E-state index is 15.0. The minimum atomic E-state index is -3.06. The minimum Gasteiger partial charge on any atom is -0.309 e. The van der Waals surface area contributed by atoms with Crippen molar-refractivity contribution >= 4 is 44.7 Å². The maximum Gasteiger partial charge on any atom is 0.171 e. The van der Waals surface area contributed by atoms with Crippen molar-refractivity contribution in [1.29, 1.82) is 0 Å². The molecule has 276 valence electrons. The van der Waals surface area contributed by atoms with Gasteiger partial charge in [-0.05, 0) is 61.7 Å². The molecule has 0 N–H and O–H groups in total. The average molecular weight is 770 g/mol. The molecular formula is C56H36NOP. The smallest absolute Gasteiger partial charge is 0.171 e. The van der Waals surface area contributed by atoms with Gasteiger partial charge < -0.3 is 4.57 Å². The second-order valence-electron chi connectivity index (χ2n) is 15.7. The molecule has 0 aliphatic heterocycles. The van der Waals surface area contributed by atoms with Crippen LogP contribution in [-0.4, -0.2) is 4.98 Å². The summed E-state index contributed by atoms with van der Waals surface area (Å²) in [5.41, 5.74) is 15.3. The van der Waals surface area contributed by atoms with Crippen LogP contribution in [0.2, 0.25) is 0 Å². The molecule has 2 aliphatic rings. The maximum absolute atomic E-state index is 15.0. The van der Waals surface area contributed by atoms with Crippen molar-refractivity contribution in [1.82, 2.24) is 4.98 Å². The molecule has 2 nitrogen and oxygen atoms in total. The Kier molecular flexibility index (Phi) is 7.45. The Morgan fingerprint density at radius 1 is 0.356 bits per heavy atom. The van der Waals surface area contributed by atoms with Crippen LogP contribution < -0.4 is 15.9 Å². The van der Waals surface area contributed by atoms with Gasteiger partial charge in [-0.25, -0.2) is 4.98 Å². The van der Waals surface area contributed by atoms with E-state index in [0.717, 1.165) is 54.6 Å². The standard InChI is InChI=1S/C56H36NOP/c58-59(40-15-3-1-4-16-40,41-17-5-2-6-18-41)42-33-31-38(32-34-42)37-27-29-39(30-28-37)55-47-35-36-51-54(53(47)46-22-10-14-26-52(46)57-55)45-21-9-13-25-50(45)56(51)48-23-11-7-19-43(48)44-20-8-12-24-49(44)56/h1-36H. The van der Waals surface area contributed by atoms with Crippen molar-refractivity contribution < 1.29 is 4.57 Å². The van der Waals surface area contributed by atoms with Crippen molar-refractivity contribution in [2.75, 3.05) is 0 Å². The first-order valence-electron chi connectivity index (χ1n) is 20.2. The summed E-state index contributed by atoms with van der Waals surface area (Å²) in [6.45, 7) is 0. The summed E-state index contributed by atoms with van der Waals surface area (Å²) in [6.07, 6.45) is 0. The van der Waals surface area contributed by atoms with E-state index in [1.165, 1.54) is 49.9 Å². The van der Waals surface area contributed by atoms with Gasteiger partial charge in [0.15, 0.2) is 7.14 Å². The van der Waals surface area contributed by atoms with Gasteiger partial charge >= 0.3 is 0 Å². The predicted octanol–water partition coefficient (Wildman–Crippen LogP) is 12.7. The van der Waals surface area contributed by atoms with Crippen LogP contribution in [0.25, 0.3) is 66.3 Å². The molecule has 1 aromatic heterocycles. The fraction of sp³-hybridized carbons (Fsp3) is 0.0179. The molecule has 3 heteroatoms. The molecule has 0 saturated carbocycles. The van der Waals surface area contributed by atoms with E-state index in [2.05, 4.69) is 146 Å². The Labute approximate surface area is 343 Å². The molecule has 10 aromatic rings. The number of aromatic nitrogens is 1. The highest BCUT2D eigenvalue weighted by Gasteiger charge is 2.52. The van der Waals surface area contributed by atoms with Crippen molar-refractivity contribution in [2.24, 2.45) is 0 Å². The SMILES string of the molecule is O=P(c1ccccc1)(c1ccccc1)c1ccc(-c2ccc(-c3nc4ccccc4c4c5c(ccc34)C3(c4ccccc4-c4ccccc43)c3ccccc3-5)cc2)cc1. The highest BCUT2D eigenvalue weighted by molar-refractivity contribution is 7.85. The van der Waals surface area contributed by atoms with Crippen molar-refractivity contribution in [3.8, 4) is 44.6 Å². The number of pyridine rings is 1. The molecule has 0 amide bonds. The van der Waals surface area contributed by atoms with Gasteiger partial charge in [0, 0.05) is 37.6 Å². The zero-order chi connectivity index (χ0) is 39.1. The summed E-state index contributed by atoms with van der Waals surface area (Å²) in [4.78, 5) is 5.38. The zero-order valence-corrected chi connectivity index (χ0v) is 33.0. The Morgan fingerprint density at radius 3 is 1.42 bits per heavy atom. The average Bonchev–Trinajstić information content (AvgIpc) is 3.79. The topological polar surface area (TPSA) is 30.0 Å². The second kappa shape index (κ2) is 12.9. The van der Waals surface area contributed by atoms with Crippen LogP contribution in [0.15, 0.2) is 218 Å². The lowest BCUT2D eigenvalue weighted by molar-refractivity contribution is 0.592. The number of benzene rings is 9. The first-order chi connectivity index (χ1) is 29.2. The molecule has 0 atom stereocenters. The van der Waals surface area contributed by atoms with E-state index in [0.29, 0.717) is 0 Å². The lowest BCUT2D eigenvalue weighted by Gasteiger charge is -2.30. The van der Waals surface area contributed by atoms with E-state index < -0.39 is 12.6 Å². The van der Waals surface area contributed by atoms with Crippen LogP contribution in [0.4, 0.5) is 0 Å². The summed E-state index contributed by atoms with van der Waals surface area (Å²) in [5.74, 6) is 0. The number of para-hydroxylation sites is 1. The van der Waals surface area contributed by atoms with Crippen LogP contribution in [0, 0.1) is 0 Å². The van der Waals surface area contributed by atoms with Crippen LogP contribution in [-0.2, 0) is 9.98 Å². The van der Waals surface area contributed by atoms with Gasteiger partial charge in [-0.1, -0.05) is 212 Å². The molecule has 0 fully saturated rings. The van der Waals surface area contributed by atoms with Crippen LogP contribution >= 0.6 is 7.14 Å². The quantitative estimate of drug-likeness (QED) is 0.129. The Bertz CT molecular complexity index is 3250. The van der Waals surface area contributed by atoms with Crippen molar-refractivity contribution in [3.63, 3.8) is 0 Å². The third kappa shape index (κ3) is 4.76. The van der Waals surface area contributed by atoms with Gasteiger partial charge in [0.2, 0.25) is 0 Å². The molecule has 1 spiro atoms. The Morgan fingerprint density at radius 2 is 0.814 bits per heavy atom. The van der Waals surface area contributed by atoms with E-state index in [9.17, 15) is 4.57 Å². The largest absolute Gasteiger partial charge is 0.309 e. The lowest BCUT2D eigenvalue weighted by Crippen LogP contribution is -2.25. The van der Waals surface area contributed by atoms with Gasteiger partial charge in [-0.2, -0.15) is 0 Å².